The average Bonchev–Trinajstić information content (AvgIpc) is 2.99. The number of hydrogen-bond donors (Lipinski definition) is 0. The van der Waals surface area contributed by atoms with Crippen LogP contribution in [-0.2, 0) is 11.3 Å². The lowest BCUT2D eigenvalue weighted by atomic mass is 10.2. The fourth-order valence-electron chi connectivity index (χ4n) is 2.52. The zero-order valence-corrected chi connectivity index (χ0v) is 9.58. The van der Waals surface area contributed by atoms with Crippen LogP contribution in [0.5, 0.6) is 0 Å². The molecular weight excluding hydrogens is 214 g/mol. The van der Waals surface area contributed by atoms with Crippen molar-refractivity contribution in [2.24, 2.45) is 5.92 Å². The Hall–Kier alpha value is -1.77. The number of amides is 1. The monoisotopic (exact) mass is 229 g/mol. The predicted molar refractivity (Wildman–Crippen MR) is 64.4 cm³/mol. The van der Waals surface area contributed by atoms with Crippen molar-refractivity contribution in [3.63, 3.8) is 0 Å². The Morgan fingerprint density at radius 1 is 1.29 bits per heavy atom. The van der Waals surface area contributed by atoms with E-state index < -0.39 is 0 Å². The van der Waals surface area contributed by atoms with E-state index in [9.17, 15) is 4.79 Å². The van der Waals surface area contributed by atoms with Gasteiger partial charge in [0, 0.05) is 6.54 Å². The number of likely N-dealkylation sites (tertiary alicyclic amines) is 1. The molecule has 0 spiro atoms. The van der Waals surface area contributed by atoms with Crippen molar-refractivity contribution >= 4 is 6.09 Å². The molecule has 2 aliphatic rings. The maximum atomic E-state index is 11.9. The second-order valence-corrected chi connectivity index (χ2v) is 4.64. The van der Waals surface area contributed by atoms with Crippen molar-refractivity contribution in [3.8, 4) is 0 Å². The number of ether oxygens (including phenoxy) is 1. The van der Waals surface area contributed by atoms with Gasteiger partial charge in [-0.05, 0) is 17.9 Å². The highest BCUT2D eigenvalue weighted by Crippen LogP contribution is 2.31. The Morgan fingerprint density at radius 2 is 2.12 bits per heavy atom. The Bertz CT molecular complexity index is 441. The summed E-state index contributed by atoms with van der Waals surface area (Å²) in [6.07, 6.45) is 5.19. The van der Waals surface area contributed by atoms with Crippen molar-refractivity contribution in [2.75, 3.05) is 6.54 Å². The highest BCUT2D eigenvalue weighted by atomic mass is 16.6. The van der Waals surface area contributed by atoms with Crippen molar-refractivity contribution in [3.05, 3.63) is 48.0 Å². The minimum atomic E-state index is -0.189. The number of rotatable bonds is 2. The number of benzene rings is 1. The van der Waals surface area contributed by atoms with Gasteiger partial charge in [0.2, 0.25) is 0 Å². The molecule has 1 heterocycles. The van der Waals surface area contributed by atoms with E-state index in [-0.39, 0.29) is 12.1 Å². The summed E-state index contributed by atoms with van der Waals surface area (Å²) in [5.74, 6) is 0.546. The zero-order chi connectivity index (χ0) is 11.7. The van der Waals surface area contributed by atoms with Gasteiger partial charge < -0.3 is 9.64 Å². The molecule has 3 rings (SSSR count). The first-order chi connectivity index (χ1) is 8.33. The molecule has 1 saturated heterocycles. The molecule has 1 aliphatic heterocycles. The number of carbonyl (C=O) groups is 1. The largest absolute Gasteiger partial charge is 0.445 e. The summed E-state index contributed by atoms with van der Waals surface area (Å²) in [5.41, 5.74) is 1.03. The van der Waals surface area contributed by atoms with Crippen LogP contribution >= 0.6 is 0 Å². The summed E-state index contributed by atoms with van der Waals surface area (Å²) >= 11 is 0. The summed E-state index contributed by atoms with van der Waals surface area (Å²) in [6, 6.07) is 10.0. The average molecular weight is 229 g/mol. The minimum Gasteiger partial charge on any atom is -0.445 e. The van der Waals surface area contributed by atoms with Gasteiger partial charge in [-0.2, -0.15) is 0 Å². The highest BCUT2D eigenvalue weighted by Gasteiger charge is 2.37. The maximum Gasteiger partial charge on any atom is 0.410 e. The van der Waals surface area contributed by atoms with Gasteiger partial charge in [0.1, 0.15) is 6.61 Å². The smallest absolute Gasteiger partial charge is 0.410 e. The van der Waals surface area contributed by atoms with E-state index in [0.717, 1.165) is 18.5 Å². The molecule has 3 nitrogen and oxygen atoms in total. The lowest BCUT2D eigenvalue weighted by molar-refractivity contribution is 0.0959. The lowest BCUT2D eigenvalue weighted by Gasteiger charge is -2.23. The molecule has 1 fully saturated rings. The second-order valence-electron chi connectivity index (χ2n) is 4.64. The Morgan fingerprint density at radius 3 is 2.76 bits per heavy atom. The molecule has 1 amide bonds. The standard InChI is InChI=1S/C14H15NO2/c16-14(15-9-12-6-7-13(15)8-12)17-10-11-4-2-1-3-5-11/h1-7,12-13H,8-10H2/t12-,13-/m1/s1. The maximum absolute atomic E-state index is 11.9. The first-order valence-electron chi connectivity index (χ1n) is 5.98. The van der Waals surface area contributed by atoms with Gasteiger partial charge in [0.25, 0.3) is 0 Å². The Kier molecular flexibility index (Phi) is 2.59. The summed E-state index contributed by atoms with van der Waals surface area (Å²) in [5, 5.41) is 0. The van der Waals surface area contributed by atoms with Gasteiger partial charge in [-0.1, -0.05) is 42.5 Å². The van der Waals surface area contributed by atoms with Gasteiger partial charge in [0.15, 0.2) is 0 Å². The summed E-state index contributed by atoms with van der Waals surface area (Å²) in [4.78, 5) is 13.7. The molecule has 0 aromatic heterocycles. The SMILES string of the molecule is O=C(OCc1ccccc1)N1C[C@@H]2C=C[C@@H]1C2. The van der Waals surface area contributed by atoms with Crippen molar-refractivity contribution in [1.82, 2.24) is 4.90 Å². The van der Waals surface area contributed by atoms with Gasteiger partial charge in [-0.3, -0.25) is 0 Å². The highest BCUT2D eigenvalue weighted by molar-refractivity contribution is 5.69. The van der Waals surface area contributed by atoms with Crippen LogP contribution in [0.25, 0.3) is 0 Å². The molecule has 0 N–H and O–H groups in total. The summed E-state index contributed by atoms with van der Waals surface area (Å²) < 4.78 is 5.32. The molecule has 1 aromatic carbocycles. The fourth-order valence-corrected chi connectivity index (χ4v) is 2.52. The molecule has 2 bridgehead atoms. The van der Waals surface area contributed by atoms with E-state index >= 15 is 0 Å². The molecule has 88 valence electrons. The quantitative estimate of drug-likeness (QED) is 0.729. The number of nitrogens with zero attached hydrogens (tertiary/aromatic N) is 1. The molecule has 3 heteroatoms. The molecular formula is C14H15NO2. The number of fused-ring (bicyclic) bond motifs is 2. The van der Waals surface area contributed by atoms with E-state index in [1.54, 1.807) is 0 Å². The van der Waals surface area contributed by atoms with Crippen LogP contribution in [0.4, 0.5) is 4.79 Å². The van der Waals surface area contributed by atoms with Crippen molar-refractivity contribution < 1.29 is 9.53 Å². The van der Waals surface area contributed by atoms with Crippen LogP contribution in [0.3, 0.4) is 0 Å². The first kappa shape index (κ1) is 10.4. The van der Waals surface area contributed by atoms with Gasteiger partial charge in [-0.15, -0.1) is 0 Å². The predicted octanol–water partition coefficient (Wildman–Crippen LogP) is 2.58. The van der Waals surface area contributed by atoms with Gasteiger partial charge in [-0.25, -0.2) is 4.79 Å². The molecule has 0 unspecified atom stereocenters. The zero-order valence-electron chi connectivity index (χ0n) is 9.58. The lowest BCUT2D eigenvalue weighted by Crippen LogP contribution is -2.36. The Labute approximate surface area is 101 Å². The molecule has 1 aromatic rings. The van der Waals surface area contributed by atoms with E-state index in [1.165, 1.54) is 0 Å². The van der Waals surface area contributed by atoms with Crippen molar-refractivity contribution in [1.29, 1.82) is 0 Å². The minimum absolute atomic E-state index is 0.189. The fraction of sp³-hybridized carbons (Fsp3) is 0.357. The van der Waals surface area contributed by atoms with E-state index in [0.29, 0.717) is 12.5 Å². The molecule has 17 heavy (non-hydrogen) atoms. The molecule has 2 atom stereocenters. The second kappa shape index (κ2) is 4.24. The van der Waals surface area contributed by atoms with Crippen LogP contribution < -0.4 is 0 Å². The third kappa shape index (κ3) is 2.05. The van der Waals surface area contributed by atoms with Gasteiger partial charge >= 0.3 is 6.09 Å². The third-order valence-electron chi connectivity index (χ3n) is 3.42. The van der Waals surface area contributed by atoms with E-state index in [1.807, 2.05) is 35.2 Å². The van der Waals surface area contributed by atoms with Crippen LogP contribution in [-0.4, -0.2) is 23.6 Å². The van der Waals surface area contributed by atoms with Crippen LogP contribution in [0.1, 0.15) is 12.0 Å². The van der Waals surface area contributed by atoms with Crippen LogP contribution in [0.15, 0.2) is 42.5 Å². The third-order valence-corrected chi connectivity index (χ3v) is 3.42. The van der Waals surface area contributed by atoms with E-state index in [4.69, 9.17) is 4.74 Å². The topological polar surface area (TPSA) is 29.5 Å². The first-order valence-corrected chi connectivity index (χ1v) is 5.98. The summed E-state index contributed by atoms with van der Waals surface area (Å²) in [7, 11) is 0. The van der Waals surface area contributed by atoms with Crippen LogP contribution in [0.2, 0.25) is 0 Å². The number of hydrogen-bond acceptors (Lipinski definition) is 2. The normalized spacial score (nSPS) is 25.3. The van der Waals surface area contributed by atoms with Crippen LogP contribution in [0, 0.1) is 5.92 Å². The molecule has 1 aliphatic carbocycles. The van der Waals surface area contributed by atoms with Crippen molar-refractivity contribution in [2.45, 2.75) is 19.1 Å². The molecule has 0 saturated carbocycles. The Balaban J connectivity index is 1.56. The van der Waals surface area contributed by atoms with Gasteiger partial charge in [0.05, 0.1) is 6.04 Å². The molecule has 0 radical (unpaired) electrons. The summed E-state index contributed by atoms with van der Waals surface area (Å²) in [6.45, 7) is 1.17. The van der Waals surface area contributed by atoms with E-state index in [2.05, 4.69) is 12.2 Å². The number of carbonyl (C=O) groups excluding carboxylic acids is 1.